The van der Waals surface area contributed by atoms with Crippen LogP contribution >= 0.6 is 11.8 Å². The zero-order chi connectivity index (χ0) is 9.80. The van der Waals surface area contributed by atoms with Crippen LogP contribution in [-0.2, 0) is 0 Å². The Labute approximate surface area is 89.0 Å². The second kappa shape index (κ2) is 4.71. The molecule has 76 valence electrons. The Morgan fingerprint density at radius 3 is 2.71 bits per heavy atom. The maximum Gasteiger partial charge on any atom is 0.118 e. The molecule has 3 heteroatoms. The second-order valence-electron chi connectivity index (χ2n) is 3.33. The molecule has 0 amide bonds. The fraction of sp³-hybridized carbons (Fsp3) is 0.455. The number of hydrogen-bond donors (Lipinski definition) is 1. The summed E-state index contributed by atoms with van der Waals surface area (Å²) in [5.41, 5.74) is 1.34. The molecule has 2 nitrogen and oxygen atoms in total. The normalized spacial score (nSPS) is 21.9. The zero-order valence-corrected chi connectivity index (χ0v) is 9.14. The smallest absolute Gasteiger partial charge is 0.118 e. The lowest BCUT2D eigenvalue weighted by Gasteiger charge is -2.23. The van der Waals surface area contributed by atoms with Crippen LogP contribution < -0.4 is 10.1 Å². The van der Waals surface area contributed by atoms with E-state index >= 15 is 0 Å². The highest BCUT2D eigenvalue weighted by molar-refractivity contribution is 7.99. The molecule has 2 rings (SSSR count). The number of benzene rings is 1. The minimum absolute atomic E-state index is 0.467. The lowest BCUT2D eigenvalue weighted by molar-refractivity contribution is 0.414. The molecule has 14 heavy (non-hydrogen) atoms. The Kier molecular flexibility index (Phi) is 3.32. The van der Waals surface area contributed by atoms with Crippen LogP contribution in [0.3, 0.4) is 0 Å². The molecule has 0 aliphatic carbocycles. The van der Waals surface area contributed by atoms with E-state index in [-0.39, 0.29) is 0 Å². The number of hydrogen-bond acceptors (Lipinski definition) is 3. The summed E-state index contributed by atoms with van der Waals surface area (Å²) in [5.74, 6) is 2.18. The molecule has 0 bridgehead atoms. The van der Waals surface area contributed by atoms with Crippen molar-refractivity contribution in [3.05, 3.63) is 29.8 Å². The molecule has 1 aliphatic heterocycles. The standard InChI is InChI=1S/C11H15NOS/c1-13-10-5-3-9(4-6-10)11-12-7-2-8-14-11/h3-6,11-12H,2,7-8H2,1H3/t11-/m1/s1. The van der Waals surface area contributed by atoms with Crippen LogP contribution in [0.2, 0.25) is 0 Å². The first-order valence-electron chi connectivity index (χ1n) is 4.89. The first kappa shape index (κ1) is 9.87. The molecule has 1 aliphatic rings. The molecule has 1 heterocycles. The molecular weight excluding hydrogens is 194 g/mol. The van der Waals surface area contributed by atoms with Gasteiger partial charge in [-0.2, -0.15) is 0 Å². The SMILES string of the molecule is COc1ccc([C@@H]2NCCCS2)cc1. The predicted molar refractivity (Wildman–Crippen MR) is 60.8 cm³/mol. The average Bonchev–Trinajstić information content (AvgIpc) is 2.30. The molecule has 0 aromatic heterocycles. The fourth-order valence-electron chi connectivity index (χ4n) is 1.56. The summed E-state index contributed by atoms with van der Waals surface area (Å²) in [4.78, 5) is 0. The van der Waals surface area contributed by atoms with Crippen LogP contribution in [0, 0.1) is 0 Å². The minimum atomic E-state index is 0.467. The molecule has 1 aromatic carbocycles. The zero-order valence-electron chi connectivity index (χ0n) is 8.32. The summed E-state index contributed by atoms with van der Waals surface area (Å²) in [6.07, 6.45) is 1.28. The van der Waals surface area contributed by atoms with Crippen molar-refractivity contribution < 1.29 is 4.74 Å². The number of methoxy groups -OCH3 is 1. The van der Waals surface area contributed by atoms with Gasteiger partial charge in [0.15, 0.2) is 0 Å². The minimum Gasteiger partial charge on any atom is -0.497 e. The maximum atomic E-state index is 5.13. The van der Waals surface area contributed by atoms with Crippen LogP contribution in [0.25, 0.3) is 0 Å². The van der Waals surface area contributed by atoms with Crippen molar-refractivity contribution in [2.45, 2.75) is 11.8 Å². The van der Waals surface area contributed by atoms with Gasteiger partial charge in [0, 0.05) is 0 Å². The predicted octanol–water partition coefficient (Wildman–Crippen LogP) is 2.42. The van der Waals surface area contributed by atoms with Gasteiger partial charge in [-0.15, -0.1) is 11.8 Å². The summed E-state index contributed by atoms with van der Waals surface area (Å²) < 4.78 is 5.13. The van der Waals surface area contributed by atoms with Gasteiger partial charge in [0.25, 0.3) is 0 Å². The van der Waals surface area contributed by atoms with E-state index in [1.807, 2.05) is 23.9 Å². The molecule has 0 spiro atoms. The molecule has 1 N–H and O–H groups in total. The third-order valence-corrected chi connectivity index (χ3v) is 3.65. The first-order valence-corrected chi connectivity index (χ1v) is 5.94. The van der Waals surface area contributed by atoms with Gasteiger partial charge in [-0.1, -0.05) is 12.1 Å². The molecule has 0 saturated carbocycles. The second-order valence-corrected chi connectivity index (χ2v) is 4.54. The van der Waals surface area contributed by atoms with E-state index in [1.54, 1.807) is 7.11 Å². The van der Waals surface area contributed by atoms with Crippen molar-refractivity contribution >= 4 is 11.8 Å². The van der Waals surface area contributed by atoms with E-state index < -0.39 is 0 Å². The third-order valence-electron chi connectivity index (χ3n) is 2.35. The molecular formula is C11H15NOS. The van der Waals surface area contributed by atoms with Crippen LogP contribution in [0.4, 0.5) is 0 Å². The van der Waals surface area contributed by atoms with Crippen LogP contribution in [0.15, 0.2) is 24.3 Å². The highest BCUT2D eigenvalue weighted by Crippen LogP contribution is 2.30. The third kappa shape index (κ3) is 2.22. The van der Waals surface area contributed by atoms with Crippen molar-refractivity contribution in [1.82, 2.24) is 5.32 Å². The van der Waals surface area contributed by atoms with E-state index in [9.17, 15) is 0 Å². The highest BCUT2D eigenvalue weighted by atomic mass is 32.2. The number of nitrogens with one attached hydrogen (secondary N) is 1. The van der Waals surface area contributed by atoms with Gasteiger partial charge >= 0.3 is 0 Å². The van der Waals surface area contributed by atoms with Gasteiger partial charge in [-0.05, 0) is 36.4 Å². The Morgan fingerprint density at radius 2 is 2.14 bits per heavy atom. The topological polar surface area (TPSA) is 21.3 Å². The van der Waals surface area contributed by atoms with E-state index in [4.69, 9.17) is 4.74 Å². The molecule has 1 atom stereocenters. The van der Waals surface area contributed by atoms with Crippen molar-refractivity contribution in [1.29, 1.82) is 0 Å². The summed E-state index contributed by atoms with van der Waals surface area (Å²) in [5, 5.41) is 3.96. The average molecular weight is 209 g/mol. The number of thioether (sulfide) groups is 1. The van der Waals surface area contributed by atoms with E-state index in [0.717, 1.165) is 12.3 Å². The number of ether oxygens (including phenoxy) is 1. The van der Waals surface area contributed by atoms with Crippen LogP contribution in [0.5, 0.6) is 5.75 Å². The van der Waals surface area contributed by atoms with Gasteiger partial charge in [0.1, 0.15) is 5.75 Å². The highest BCUT2D eigenvalue weighted by Gasteiger charge is 2.14. The van der Waals surface area contributed by atoms with Gasteiger partial charge in [-0.3, -0.25) is 0 Å². The molecule has 1 aromatic rings. The van der Waals surface area contributed by atoms with Gasteiger partial charge < -0.3 is 10.1 Å². The van der Waals surface area contributed by atoms with Crippen molar-refractivity contribution in [3.63, 3.8) is 0 Å². The Hall–Kier alpha value is -0.670. The molecule has 1 saturated heterocycles. The van der Waals surface area contributed by atoms with Crippen molar-refractivity contribution in [2.24, 2.45) is 0 Å². The van der Waals surface area contributed by atoms with E-state index in [0.29, 0.717) is 5.37 Å². The molecule has 0 unspecified atom stereocenters. The lowest BCUT2D eigenvalue weighted by atomic mass is 10.2. The van der Waals surface area contributed by atoms with Gasteiger partial charge in [0.05, 0.1) is 12.5 Å². The molecule has 0 radical (unpaired) electrons. The lowest BCUT2D eigenvalue weighted by Crippen LogP contribution is -2.25. The Bertz CT molecular complexity index is 280. The van der Waals surface area contributed by atoms with E-state index in [1.165, 1.54) is 17.7 Å². The van der Waals surface area contributed by atoms with Crippen molar-refractivity contribution in [2.75, 3.05) is 19.4 Å². The van der Waals surface area contributed by atoms with Gasteiger partial charge in [-0.25, -0.2) is 0 Å². The monoisotopic (exact) mass is 209 g/mol. The first-order chi connectivity index (χ1) is 6.90. The Balaban J connectivity index is 2.07. The van der Waals surface area contributed by atoms with Crippen LogP contribution in [0.1, 0.15) is 17.4 Å². The van der Waals surface area contributed by atoms with Crippen LogP contribution in [-0.4, -0.2) is 19.4 Å². The maximum absolute atomic E-state index is 5.13. The fourth-order valence-corrected chi connectivity index (χ4v) is 2.69. The summed E-state index contributed by atoms with van der Waals surface area (Å²) in [6.45, 7) is 1.13. The summed E-state index contributed by atoms with van der Waals surface area (Å²) in [6, 6.07) is 8.31. The van der Waals surface area contributed by atoms with Crippen molar-refractivity contribution in [3.8, 4) is 5.75 Å². The van der Waals surface area contributed by atoms with Gasteiger partial charge in [0.2, 0.25) is 0 Å². The summed E-state index contributed by atoms with van der Waals surface area (Å²) in [7, 11) is 1.70. The quantitative estimate of drug-likeness (QED) is 0.808. The largest absolute Gasteiger partial charge is 0.497 e. The number of rotatable bonds is 2. The Morgan fingerprint density at radius 1 is 1.36 bits per heavy atom. The molecule has 1 fully saturated rings. The van der Waals surface area contributed by atoms with E-state index in [2.05, 4.69) is 17.4 Å². The summed E-state index contributed by atoms with van der Waals surface area (Å²) >= 11 is 1.98.